The highest BCUT2D eigenvalue weighted by molar-refractivity contribution is 7.91. The van der Waals surface area contributed by atoms with Gasteiger partial charge in [0, 0.05) is 18.5 Å². The number of carbonyl (C=O) groups is 1. The van der Waals surface area contributed by atoms with Crippen LogP contribution in [-0.2, 0) is 10.0 Å². The number of nitrogens with zero attached hydrogens (tertiary/aromatic N) is 1. The van der Waals surface area contributed by atoms with Crippen molar-refractivity contribution in [3.63, 3.8) is 0 Å². The van der Waals surface area contributed by atoms with Crippen molar-refractivity contribution in [3.8, 4) is 5.75 Å². The largest absolute Gasteiger partial charge is 0.504 e. The molecule has 0 radical (unpaired) electrons. The molecule has 3 rings (SSSR count). The monoisotopic (exact) mass is 435 g/mol. The van der Waals surface area contributed by atoms with Gasteiger partial charge in [-0.2, -0.15) is 4.31 Å². The molecule has 2 amide bonds. The Balaban J connectivity index is 1.76. The number of sulfonamides is 1. The van der Waals surface area contributed by atoms with Crippen LogP contribution in [-0.4, -0.2) is 37.0 Å². The lowest BCUT2D eigenvalue weighted by Gasteiger charge is -2.15. The number of halogens is 2. The Morgan fingerprint density at radius 1 is 1.27 bits per heavy atom. The van der Waals surface area contributed by atoms with Crippen LogP contribution in [0.2, 0.25) is 10.0 Å². The van der Waals surface area contributed by atoms with Crippen LogP contribution >= 0.6 is 34.5 Å². The first-order chi connectivity index (χ1) is 12.2. The first kappa shape index (κ1) is 19.2. The van der Waals surface area contributed by atoms with E-state index in [2.05, 4.69) is 10.6 Å². The summed E-state index contributed by atoms with van der Waals surface area (Å²) in [5.41, 5.74) is 0.279. The molecule has 3 N–H and O–H groups in total. The molecule has 0 unspecified atom stereocenters. The van der Waals surface area contributed by atoms with E-state index in [-0.39, 0.29) is 31.7 Å². The highest BCUT2D eigenvalue weighted by Crippen LogP contribution is 2.41. The lowest BCUT2D eigenvalue weighted by molar-refractivity contribution is 0.262. The zero-order chi connectivity index (χ0) is 19.1. The molecule has 0 bridgehead atoms. The molecule has 140 valence electrons. The second kappa shape index (κ2) is 7.24. The average molecular weight is 436 g/mol. The summed E-state index contributed by atoms with van der Waals surface area (Å²) >= 11 is 12.7. The molecular weight excluding hydrogens is 421 g/mol. The minimum Gasteiger partial charge on any atom is -0.504 e. The van der Waals surface area contributed by atoms with Gasteiger partial charge in [-0.1, -0.05) is 29.3 Å². The lowest BCUT2D eigenvalue weighted by atomic mass is 10.3. The van der Waals surface area contributed by atoms with Crippen LogP contribution in [0.25, 0.3) is 0 Å². The smallest absolute Gasteiger partial charge is 0.323 e. The molecule has 1 aromatic heterocycles. The summed E-state index contributed by atoms with van der Waals surface area (Å²) in [5.74, 6) is -0.491. The van der Waals surface area contributed by atoms with Crippen molar-refractivity contribution in [1.82, 2.24) is 4.31 Å². The van der Waals surface area contributed by atoms with E-state index < -0.39 is 21.8 Å². The number of rotatable bonds is 5. The van der Waals surface area contributed by atoms with Gasteiger partial charge in [0.2, 0.25) is 0 Å². The topological polar surface area (TPSA) is 98.7 Å². The van der Waals surface area contributed by atoms with E-state index in [0.29, 0.717) is 0 Å². The molecule has 0 spiro atoms. The van der Waals surface area contributed by atoms with Gasteiger partial charge >= 0.3 is 6.03 Å². The maximum absolute atomic E-state index is 12.5. The van der Waals surface area contributed by atoms with Crippen molar-refractivity contribution in [1.29, 1.82) is 0 Å². The number of aromatic hydroxyl groups is 1. The normalized spacial score (nSPS) is 14.5. The Labute approximate surface area is 164 Å². The Morgan fingerprint density at radius 3 is 2.58 bits per heavy atom. The fourth-order valence-electron chi connectivity index (χ4n) is 2.25. The molecule has 0 aliphatic heterocycles. The second-order valence-electron chi connectivity index (χ2n) is 5.72. The third kappa shape index (κ3) is 3.77. The number of nitrogens with one attached hydrogen (secondary N) is 2. The fraction of sp³-hybridized carbons (Fsp3) is 0.267. The van der Waals surface area contributed by atoms with Crippen molar-refractivity contribution < 1.29 is 18.3 Å². The Bertz CT molecular complexity index is 958. The summed E-state index contributed by atoms with van der Waals surface area (Å²) in [6, 6.07) is 4.02. The quantitative estimate of drug-likeness (QED) is 0.655. The van der Waals surface area contributed by atoms with Crippen molar-refractivity contribution in [2.75, 3.05) is 17.7 Å². The van der Waals surface area contributed by atoms with E-state index in [1.807, 2.05) is 0 Å². The Hall–Kier alpha value is -1.52. The van der Waals surface area contributed by atoms with Gasteiger partial charge in [0.05, 0.1) is 21.4 Å². The van der Waals surface area contributed by atoms with E-state index in [0.717, 1.165) is 24.2 Å². The zero-order valence-electron chi connectivity index (χ0n) is 13.5. The molecular formula is C15H15Cl2N3O4S2. The number of thiophene rings is 1. The number of urea groups is 1. The van der Waals surface area contributed by atoms with Crippen LogP contribution in [0.1, 0.15) is 12.8 Å². The standard InChI is InChI=1S/C15H15Cl2N3O4S2/c1-20(8-5-6-8)26(23,24)14-13(21)11(7-25-14)19-15(22)18-10-4-2-3-9(16)12(10)17/h2-4,7-8,21H,5-6H2,1H3,(H2,18,19,22). The average Bonchev–Trinajstić information content (AvgIpc) is 3.36. The predicted octanol–water partition coefficient (Wildman–Crippen LogP) is 4.19. The number of anilines is 2. The van der Waals surface area contributed by atoms with Gasteiger partial charge in [-0.3, -0.25) is 0 Å². The fourth-order valence-corrected chi connectivity index (χ4v) is 5.41. The minimum absolute atomic E-state index is 0.00609. The van der Waals surface area contributed by atoms with Gasteiger partial charge < -0.3 is 15.7 Å². The first-order valence-corrected chi connectivity index (χ1v) is 10.6. The van der Waals surface area contributed by atoms with Gasteiger partial charge in [0.1, 0.15) is 0 Å². The number of hydrogen-bond donors (Lipinski definition) is 3. The van der Waals surface area contributed by atoms with Crippen molar-refractivity contribution in [2.24, 2.45) is 0 Å². The number of amides is 2. The molecule has 11 heteroatoms. The first-order valence-electron chi connectivity index (χ1n) is 7.52. The molecule has 0 saturated heterocycles. The lowest BCUT2D eigenvalue weighted by Crippen LogP contribution is -2.28. The summed E-state index contributed by atoms with van der Waals surface area (Å²) in [4.78, 5) is 12.1. The molecule has 1 aliphatic rings. The summed E-state index contributed by atoms with van der Waals surface area (Å²) < 4.78 is 26.1. The summed E-state index contributed by atoms with van der Waals surface area (Å²) in [7, 11) is -2.32. The highest BCUT2D eigenvalue weighted by atomic mass is 35.5. The van der Waals surface area contributed by atoms with Gasteiger partial charge in [0.15, 0.2) is 9.96 Å². The van der Waals surface area contributed by atoms with Crippen LogP contribution in [0.3, 0.4) is 0 Å². The van der Waals surface area contributed by atoms with Crippen LogP contribution in [0, 0.1) is 0 Å². The van der Waals surface area contributed by atoms with Gasteiger partial charge in [-0.25, -0.2) is 13.2 Å². The number of benzene rings is 1. The van der Waals surface area contributed by atoms with Crippen LogP contribution in [0.5, 0.6) is 5.75 Å². The summed E-state index contributed by atoms with van der Waals surface area (Å²) in [5, 5.41) is 17.0. The molecule has 1 heterocycles. The molecule has 26 heavy (non-hydrogen) atoms. The predicted molar refractivity (Wildman–Crippen MR) is 103 cm³/mol. The van der Waals surface area contributed by atoms with E-state index in [1.54, 1.807) is 18.2 Å². The highest BCUT2D eigenvalue weighted by Gasteiger charge is 2.37. The van der Waals surface area contributed by atoms with Crippen molar-refractivity contribution >= 4 is 62.0 Å². The molecule has 1 saturated carbocycles. The van der Waals surface area contributed by atoms with Gasteiger partial charge in [0.25, 0.3) is 10.0 Å². The third-order valence-corrected chi connectivity index (χ3v) is 8.07. The number of carbonyl (C=O) groups excluding carboxylic acids is 1. The molecule has 1 aliphatic carbocycles. The maximum Gasteiger partial charge on any atom is 0.323 e. The third-order valence-electron chi connectivity index (χ3n) is 3.85. The summed E-state index contributed by atoms with van der Waals surface area (Å²) in [6.07, 6.45) is 1.60. The van der Waals surface area contributed by atoms with Crippen LogP contribution in [0.15, 0.2) is 27.8 Å². The zero-order valence-corrected chi connectivity index (χ0v) is 16.6. The number of hydrogen-bond acceptors (Lipinski definition) is 5. The molecule has 2 aromatic rings. The molecule has 1 aromatic carbocycles. The SMILES string of the molecule is CN(C1CC1)S(=O)(=O)c1scc(NC(=O)Nc2cccc(Cl)c2Cl)c1O. The second-order valence-corrected chi connectivity index (χ2v) is 9.58. The van der Waals surface area contributed by atoms with Crippen LogP contribution in [0.4, 0.5) is 16.2 Å². The van der Waals surface area contributed by atoms with Gasteiger partial charge in [-0.05, 0) is 25.0 Å². The van der Waals surface area contributed by atoms with E-state index in [4.69, 9.17) is 23.2 Å². The van der Waals surface area contributed by atoms with Crippen molar-refractivity contribution in [2.45, 2.75) is 23.1 Å². The van der Waals surface area contributed by atoms with E-state index in [9.17, 15) is 18.3 Å². The van der Waals surface area contributed by atoms with Gasteiger partial charge in [-0.15, -0.1) is 11.3 Å². The van der Waals surface area contributed by atoms with E-state index in [1.165, 1.54) is 16.7 Å². The molecule has 1 fully saturated rings. The Morgan fingerprint density at radius 2 is 1.92 bits per heavy atom. The molecule has 7 nitrogen and oxygen atoms in total. The van der Waals surface area contributed by atoms with Crippen molar-refractivity contribution in [3.05, 3.63) is 33.6 Å². The summed E-state index contributed by atoms with van der Waals surface area (Å²) in [6.45, 7) is 0. The maximum atomic E-state index is 12.5. The van der Waals surface area contributed by atoms with Crippen LogP contribution < -0.4 is 10.6 Å². The minimum atomic E-state index is -3.80. The molecule has 0 atom stereocenters. The van der Waals surface area contributed by atoms with E-state index >= 15 is 0 Å². The Kier molecular flexibility index (Phi) is 5.36.